The Labute approximate surface area is 99.5 Å². The molecule has 1 heterocycles. The fourth-order valence-electron chi connectivity index (χ4n) is 1.61. The van der Waals surface area contributed by atoms with Crippen LogP contribution in [0.4, 0.5) is 15.9 Å². The highest BCUT2D eigenvalue weighted by Crippen LogP contribution is 2.15. The van der Waals surface area contributed by atoms with E-state index in [9.17, 15) is 4.39 Å². The van der Waals surface area contributed by atoms with Gasteiger partial charge in [0.2, 0.25) is 0 Å². The molecule has 88 valence electrons. The van der Waals surface area contributed by atoms with E-state index in [4.69, 9.17) is 5.73 Å². The van der Waals surface area contributed by atoms with Gasteiger partial charge in [-0.2, -0.15) is 0 Å². The van der Waals surface area contributed by atoms with Crippen molar-refractivity contribution in [3.63, 3.8) is 0 Å². The number of benzene rings is 1. The molecule has 3 N–H and O–H groups in total. The van der Waals surface area contributed by atoms with Crippen molar-refractivity contribution in [3.8, 4) is 0 Å². The van der Waals surface area contributed by atoms with E-state index in [1.165, 1.54) is 12.1 Å². The minimum Gasteiger partial charge on any atom is -0.397 e. The van der Waals surface area contributed by atoms with E-state index in [1.807, 2.05) is 19.1 Å². The molecule has 0 aliphatic carbocycles. The van der Waals surface area contributed by atoms with Crippen LogP contribution in [0.25, 0.3) is 0 Å². The van der Waals surface area contributed by atoms with Crippen LogP contribution in [0.1, 0.15) is 11.1 Å². The van der Waals surface area contributed by atoms with Gasteiger partial charge in [-0.25, -0.2) is 9.37 Å². The fourth-order valence-corrected chi connectivity index (χ4v) is 1.61. The van der Waals surface area contributed by atoms with E-state index in [-0.39, 0.29) is 5.82 Å². The molecule has 0 aliphatic rings. The molecule has 0 saturated carbocycles. The zero-order valence-electron chi connectivity index (χ0n) is 9.57. The molecule has 0 aliphatic heterocycles. The van der Waals surface area contributed by atoms with E-state index in [2.05, 4.69) is 10.3 Å². The quantitative estimate of drug-likeness (QED) is 0.854. The summed E-state index contributed by atoms with van der Waals surface area (Å²) in [6, 6.07) is 8.33. The first-order valence-electron chi connectivity index (χ1n) is 5.35. The highest BCUT2D eigenvalue weighted by atomic mass is 19.1. The Morgan fingerprint density at radius 1 is 1.35 bits per heavy atom. The number of halogens is 1. The van der Waals surface area contributed by atoms with Gasteiger partial charge >= 0.3 is 0 Å². The normalized spacial score (nSPS) is 10.2. The topological polar surface area (TPSA) is 50.9 Å². The number of anilines is 2. The smallest absolute Gasteiger partial charge is 0.129 e. The summed E-state index contributed by atoms with van der Waals surface area (Å²) in [7, 11) is 0. The van der Waals surface area contributed by atoms with Crippen molar-refractivity contribution < 1.29 is 4.39 Å². The van der Waals surface area contributed by atoms with Crippen LogP contribution in [0.2, 0.25) is 0 Å². The molecule has 1 aromatic heterocycles. The SMILES string of the molecule is Cc1cc(N)cnc1NCc1cccc(F)c1. The van der Waals surface area contributed by atoms with Crippen LogP contribution < -0.4 is 11.1 Å². The zero-order valence-corrected chi connectivity index (χ0v) is 9.57. The molecule has 0 saturated heterocycles. The summed E-state index contributed by atoms with van der Waals surface area (Å²) in [6.45, 7) is 2.47. The van der Waals surface area contributed by atoms with Crippen molar-refractivity contribution in [2.45, 2.75) is 13.5 Å². The maximum absolute atomic E-state index is 13.0. The molecule has 0 atom stereocenters. The number of hydrogen-bond acceptors (Lipinski definition) is 3. The lowest BCUT2D eigenvalue weighted by atomic mass is 10.2. The predicted octanol–water partition coefficient (Wildman–Crippen LogP) is 2.72. The molecular weight excluding hydrogens is 217 g/mol. The van der Waals surface area contributed by atoms with Crippen molar-refractivity contribution in [1.29, 1.82) is 0 Å². The Hall–Kier alpha value is -2.10. The Balaban J connectivity index is 2.07. The monoisotopic (exact) mass is 231 g/mol. The largest absolute Gasteiger partial charge is 0.397 e. The maximum atomic E-state index is 13.0. The van der Waals surface area contributed by atoms with Crippen molar-refractivity contribution >= 4 is 11.5 Å². The Bertz CT molecular complexity index is 526. The molecule has 2 aromatic rings. The van der Waals surface area contributed by atoms with Gasteiger partial charge in [-0.1, -0.05) is 12.1 Å². The standard InChI is InChI=1S/C13H14FN3/c1-9-5-12(15)8-17-13(9)16-7-10-3-2-4-11(14)6-10/h2-6,8H,7,15H2,1H3,(H,16,17). The van der Waals surface area contributed by atoms with Crippen molar-refractivity contribution in [1.82, 2.24) is 4.98 Å². The van der Waals surface area contributed by atoms with Crippen molar-refractivity contribution in [2.24, 2.45) is 0 Å². The summed E-state index contributed by atoms with van der Waals surface area (Å²) in [5.74, 6) is 0.537. The Morgan fingerprint density at radius 3 is 2.88 bits per heavy atom. The number of nitrogens with zero attached hydrogens (tertiary/aromatic N) is 1. The van der Waals surface area contributed by atoms with Gasteiger partial charge in [-0.3, -0.25) is 0 Å². The predicted molar refractivity (Wildman–Crippen MR) is 67.1 cm³/mol. The number of pyridine rings is 1. The van der Waals surface area contributed by atoms with Gasteiger partial charge in [-0.15, -0.1) is 0 Å². The molecule has 1 aromatic carbocycles. The molecule has 17 heavy (non-hydrogen) atoms. The van der Waals surface area contributed by atoms with E-state index in [0.717, 1.165) is 16.9 Å². The lowest BCUT2D eigenvalue weighted by Gasteiger charge is -2.09. The molecule has 3 nitrogen and oxygen atoms in total. The van der Waals surface area contributed by atoms with Gasteiger partial charge in [0.05, 0.1) is 11.9 Å². The van der Waals surface area contributed by atoms with Crippen molar-refractivity contribution in [2.75, 3.05) is 11.1 Å². The minimum atomic E-state index is -0.230. The van der Waals surface area contributed by atoms with Gasteiger partial charge in [0, 0.05) is 6.54 Å². The van der Waals surface area contributed by atoms with Gasteiger partial charge in [0.15, 0.2) is 0 Å². The average molecular weight is 231 g/mol. The number of nitrogens with two attached hydrogens (primary N) is 1. The first-order chi connectivity index (χ1) is 8.15. The number of aryl methyl sites for hydroxylation is 1. The third-order valence-corrected chi connectivity index (χ3v) is 2.45. The van der Waals surface area contributed by atoms with E-state index in [0.29, 0.717) is 12.2 Å². The summed E-state index contributed by atoms with van der Waals surface area (Å²) in [5.41, 5.74) is 8.10. The lowest BCUT2D eigenvalue weighted by molar-refractivity contribution is 0.626. The molecule has 0 radical (unpaired) electrons. The molecule has 0 spiro atoms. The van der Waals surface area contributed by atoms with Gasteiger partial charge < -0.3 is 11.1 Å². The summed E-state index contributed by atoms with van der Waals surface area (Å²) in [5, 5.41) is 3.15. The Kier molecular flexibility index (Phi) is 3.23. The maximum Gasteiger partial charge on any atom is 0.129 e. The van der Waals surface area contributed by atoms with Gasteiger partial charge in [0.1, 0.15) is 11.6 Å². The van der Waals surface area contributed by atoms with E-state index in [1.54, 1.807) is 12.3 Å². The lowest BCUT2D eigenvalue weighted by Crippen LogP contribution is -2.04. The second kappa shape index (κ2) is 4.82. The van der Waals surface area contributed by atoms with Crippen LogP contribution >= 0.6 is 0 Å². The molecule has 0 unspecified atom stereocenters. The minimum absolute atomic E-state index is 0.230. The number of rotatable bonds is 3. The zero-order chi connectivity index (χ0) is 12.3. The summed E-state index contributed by atoms with van der Waals surface area (Å²) in [6.07, 6.45) is 1.60. The number of hydrogen-bond donors (Lipinski definition) is 2. The number of nitrogens with one attached hydrogen (secondary N) is 1. The van der Waals surface area contributed by atoms with Crippen LogP contribution in [-0.2, 0) is 6.54 Å². The average Bonchev–Trinajstić information content (AvgIpc) is 2.28. The van der Waals surface area contributed by atoms with Crippen LogP contribution in [0.15, 0.2) is 36.5 Å². The molecule has 2 rings (SSSR count). The molecule has 0 bridgehead atoms. The third-order valence-electron chi connectivity index (χ3n) is 2.45. The van der Waals surface area contributed by atoms with E-state index >= 15 is 0 Å². The summed E-state index contributed by atoms with van der Waals surface area (Å²) >= 11 is 0. The number of nitrogen functional groups attached to an aromatic ring is 1. The summed E-state index contributed by atoms with van der Waals surface area (Å²) < 4.78 is 13.0. The van der Waals surface area contributed by atoms with Crippen LogP contribution in [0.5, 0.6) is 0 Å². The molecular formula is C13H14FN3. The summed E-state index contributed by atoms with van der Waals surface area (Å²) in [4.78, 5) is 4.19. The second-order valence-electron chi connectivity index (χ2n) is 3.92. The Morgan fingerprint density at radius 2 is 2.18 bits per heavy atom. The number of aromatic nitrogens is 1. The van der Waals surface area contributed by atoms with Crippen LogP contribution in [0, 0.1) is 12.7 Å². The highest BCUT2D eigenvalue weighted by molar-refractivity contribution is 5.50. The molecule has 0 amide bonds. The van der Waals surface area contributed by atoms with Crippen molar-refractivity contribution in [3.05, 3.63) is 53.5 Å². The van der Waals surface area contributed by atoms with Crippen LogP contribution in [-0.4, -0.2) is 4.98 Å². The first kappa shape index (κ1) is 11.4. The van der Waals surface area contributed by atoms with Gasteiger partial charge in [-0.05, 0) is 36.2 Å². The fraction of sp³-hybridized carbons (Fsp3) is 0.154. The third kappa shape index (κ3) is 2.93. The van der Waals surface area contributed by atoms with Crippen LogP contribution in [0.3, 0.4) is 0 Å². The molecule has 0 fully saturated rings. The highest BCUT2D eigenvalue weighted by Gasteiger charge is 2.00. The van der Waals surface area contributed by atoms with Gasteiger partial charge in [0.25, 0.3) is 0 Å². The second-order valence-corrected chi connectivity index (χ2v) is 3.92. The first-order valence-corrected chi connectivity index (χ1v) is 5.35. The van der Waals surface area contributed by atoms with E-state index < -0.39 is 0 Å². The molecule has 4 heteroatoms.